The van der Waals surface area contributed by atoms with Crippen molar-refractivity contribution in [2.45, 2.75) is 18.4 Å². The van der Waals surface area contributed by atoms with Crippen LogP contribution in [-0.4, -0.2) is 21.5 Å². The molecule has 0 bridgehead atoms. The summed E-state index contributed by atoms with van der Waals surface area (Å²) in [5.74, 6) is -0.267. The number of ether oxygens (including phenoxy) is 1. The fourth-order valence-electron chi connectivity index (χ4n) is 1.67. The molecule has 0 spiro atoms. The SMILES string of the molecule is COC(=O)c1sc2c(c1C)CS(=O)(=O)C2. The number of hydrogen-bond acceptors (Lipinski definition) is 5. The summed E-state index contributed by atoms with van der Waals surface area (Å²) in [6, 6.07) is 0. The summed E-state index contributed by atoms with van der Waals surface area (Å²) in [6.07, 6.45) is 0. The van der Waals surface area contributed by atoms with E-state index in [1.54, 1.807) is 6.92 Å². The van der Waals surface area contributed by atoms with E-state index in [4.69, 9.17) is 0 Å². The van der Waals surface area contributed by atoms with E-state index < -0.39 is 9.84 Å². The van der Waals surface area contributed by atoms with E-state index in [0.29, 0.717) is 4.88 Å². The fraction of sp³-hybridized carbons (Fsp3) is 0.444. The highest BCUT2D eigenvalue weighted by Gasteiger charge is 2.31. The second-order valence-electron chi connectivity index (χ2n) is 3.48. The fourth-order valence-corrected chi connectivity index (χ4v) is 5.08. The van der Waals surface area contributed by atoms with Crippen molar-refractivity contribution in [1.82, 2.24) is 0 Å². The molecule has 1 aliphatic heterocycles. The Bertz CT molecular complexity index is 525. The van der Waals surface area contributed by atoms with Gasteiger partial charge in [0.25, 0.3) is 0 Å². The van der Waals surface area contributed by atoms with Gasteiger partial charge in [0.05, 0.1) is 18.6 Å². The van der Waals surface area contributed by atoms with Crippen molar-refractivity contribution in [3.8, 4) is 0 Å². The predicted octanol–water partition coefficient (Wildman–Crippen LogP) is 1.27. The zero-order valence-electron chi connectivity index (χ0n) is 8.36. The Morgan fingerprint density at radius 3 is 2.60 bits per heavy atom. The minimum absolute atomic E-state index is 0.0572. The van der Waals surface area contributed by atoms with E-state index >= 15 is 0 Å². The van der Waals surface area contributed by atoms with Gasteiger partial charge in [0.1, 0.15) is 4.88 Å². The number of methoxy groups -OCH3 is 1. The molecular weight excluding hydrogens is 236 g/mol. The Morgan fingerprint density at radius 1 is 1.40 bits per heavy atom. The largest absolute Gasteiger partial charge is 0.465 e. The van der Waals surface area contributed by atoms with Crippen LogP contribution in [0.1, 0.15) is 25.7 Å². The summed E-state index contributed by atoms with van der Waals surface area (Å²) in [6.45, 7) is 1.77. The van der Waals surface area contributed by atoms with Crippen LogP contribution in [0.2, 0.25) is 0 Å². The molecule has 1 aromatic rings. The average Bonchev–Trinajstić information content (AvgIpc) is 2.60. The van der Waals surface area contributed by atoms with Gasteiger partial charge >= 0.3 is 5.97 Å². The highest BCUT2D eigenvalue weighted by atomic mass is 32.2. The van der Waals surface area contributed by atoms with Crippen LogP contribution in [-0.2, 0) is 26.1 Å². The quantitative estimate of drug-likeness (QED) is 0.700. The molecule has 6 heteroatoms. The van der Waals surface area contributed by atoms with Gasteiger partial charge < -0.3 is 4.74 Å². The zero-order valence-corrected chi connectivity index (χ0v) is 10.00. The summed E-state index contributed by atoms with van der Waals surface area (Å²) in [5, 5.41) is 0. The summed E-state index contributed by atoms with van der Waals surface area (Å²) >= 11 is 1.23. The Balaban J connectivity index is 2.49. The molecule has 2 heterocycles. The van der Waals surface area contributed by atoms with Crippen LogP contribution in [0.3, 0.4) is 0 Å². The Kier molecular flexibility index (Phi) is 2.35. The van der Waals surface area contributed by atoms with Crippen molar-refractivity contribution in [2.75, 3.05) is 7.11 Å². The maximum Gasteiger partial charge on any atom is 0.348 e. The van der Waals surface area contributed by atoms with Crippen LogP contribution < -0.4 is 0 Å². The number of rotatable bonds is 1. The highest BCUT2D eigenvalue weighted by Crippen LogP contribution is 2.36. The van der Waals surface area contributed by atoms with Crippen LogP contribution in [0, 0.1) is 6.92 Å². The van der Waals surface area contributed by atoms with E-state index in [1.165, 1.54) is 18.4 Å². The van der Waals surface area contributed by atoms with Crippen LogP contribution in [0.4, 0.5) is 0 Å². The Labute approximate surface area is 91.8 Å². The first-order chi connectivity index (χ1) is 6.94. The van der Waals surface area contributed by atoms with Crippen LogP contribution in [0.5, 0.6) is 0 Å². The van der Waals surface area contributed by atoms with Gasteiger partial charge in [0, 0.05) is 4.88 Å². The summed E-state index contributed by atoms with van der Waals surface area (Å²) in [4.78, 5) is 12.7. The number of thiophene rings is 1. The Hall–Kier alpha value is -0.880. The minimum Gasteiger partial charge on any atom is -0.465 e. The van der Waals surface area contributed by atoms with E-state index in [9.17, 15) is 13.2 Å². The lowest BCUT2D eigenvalue weighted by Crippen LogP contribution is -2.02. The molecule has 2 rings (SSSR count). The van der Waals surface area contributed by atoms with Crippen LogP contribution >= 0.6 is 11.3 Å². The number of carbonyl (C=O) groups excluding carboxylic acids is 1. The lowest BCUT2D eigenvalue weighted by molar-refractivity contribution is 0.0605. The molecule has 0 amide bonds. The first kappa shape index (κ1) is 10.6. The first-order valence-corrected chi connectivity index (χ1v) is 6.98. The number of fused-ring (bicyclic) bond motifs is 1. The maximum atomic E-state index is 11.3. The lowest BCUT2D eigenvalue weighted by Gasteiger charge is -1.98. The lowest BCUT2D eigenvalue weighted by atomic mass is 10.1. The molecule has 0 saturated heterocycles. The molecular formula is C9H10O4S2. The van der Waals surface area contributed by atoms with Gasteiger partial charge in [-0.3, -0.25) is 0 Å². The first-order valence-electron chi connectivity index (χ1n) is 4.34. The second kappa shape index (κ2) is 3.31. The molecule has 0 fully saturated rings. The smallest absolute Gasteiger partial charge is 0.348 e. The predicted molar refractivity (Wildman–Crippen MR) is 56.7 cm³/mol. The molecule has 82 valence electrons. The van der Waals surface area contributed by atoms with Crippen molar-refractivity contribution in [3.63, 3.8) is 0 Å². The molecule has 0 atom stereocenters. The van der Waals surface area contributed by atoms with E-state index in [1.807, 2.05) is 0 Å². The third kappa shape index (κ3) is 1.68. The number of hydrogen-bond donors (Lipinski definition) is 0. The summed E-state index contributed by atoms with van der Waals surface area (Å²) in [7, 11) is -1.65. The molecule has 15 heavy (non-hydrogen) atoms. The molecule has 0 aliphatic carbocycles. The monoisotopic (exact) mass is 246 g/mol. The van der Waals surface area contributed by atoms with Gasteiger partial charge in [0.2, 0.25) is 0 Å². The van der Waals surface area contributed by atoms with Gasteiger partial charge in [-0.25, -0.2) is 13.2 Å². The maximum absolute atomic E-state index is 11.3. The average molecular weight is 246 g/mol. The van der Waals surface area contributed by atoms with Gasteiger partial charge in [-0.15, -0.1) is 11.3 Å². The van der Waals surface area contributed by atoms with E-state index in [-0.39, 0.29) is 17.5 Å². The third-order valence-electron chi connectivity index (χ3n) is 2.44. The highest BCUT2D eigenvalue weighted by molar-refractivity contribution is 7.90. The molecule has 0 aromatic carbocycles. The molecule has 0 unspecified atom stereocenters. The van der Waals surface area contributed by atoms with Gasteiger partial charge in [-0.1, -0.05) is 0 Å². The minimum atomic E-state index is -2.98. The summed E-state index contributed by atoms with van der Waals surface area (Å²) in [5.41, 5.74) is 1.54. The topological polar surface area (TPSA) is 60.4 Å². The van der Waals surface area contributed by atoms with Crippen molar-refractivity contribution >= 4 is 27.1 Å². The van der Waals surface area contributed by atoms with Crippen molar-refractivity contribution in [3.05, 3.63) is 20.9 Å². The third-order valence-corrected chi connectivity index (χ3v) is 5.40. The second-order valence-corrected chi connectivity index (χ2v) is 6.65. The molecule has 0 radical (unpaired) electrons. The van der Waals surface area contributed by atoms with Gasteiger partial charge in [0.15, 0.2) is 9.84 Å². The molecule has 1 aromatic heterocycles. The molecule has 0 saturated carbocycles. The van der Waals surface area contributed by atoms with Gasteiger partial charge in [-0.05, 0) is 18.1 Å². The van der Waals surface area contributed by atoms with Crippen LogP contribution in [0.15, 0.2) is 0 Å². The standard InChI is InChI=1S/C9H10O4S2/c1-5-6-3-15(11,12)4-7(6)14-8(5)9(10)13-2/h3-4H2,1-2H3. The number of sulfone groups is 1. The normalized spacial score (nSPS) is 17.5. The number of esters is 1. The van der Waals surface area contributed by atoms with Gasteiger partial charge in [-0.2, -0.15) is 0 Å². The van der Waals surface area contributed by atoms with Crippen molar-refractivity contribution in [1.29, 1.82) is 0 Å². The zero-order chi connectivity index (χ0) is 11.2. The summed E-state index contributed by atoms with van der Waals surface area (Å²) < 4.78 is 27.3. The molecule has 0 N–H and O–H groups in total. The van der Waals surface area contributed by atoms with Crippen molar-refractivity contribution < 1.29 is 17.9 Å². The van der Waals surface area contributed by atoms with Crippen LogP contribution in [0.25, 0.3) is 0 Å². The Morgan fingerprint density at radius 2 is 2.07 bits per heavy atom. The molecule has 4 nitrogen and oxygen atoms in total. The molecule has 1 aliphatic rings. The van der Waals surface area contributed by atoms with E-state index in [2.05, 4.69) is 4.74 Å². The van der Waals surface area contributed by atoms with Crippen molar-refractivity contribution in [2.24, 2.45) is 0 Å². The van der Waals surface area contributed by atoms with E-state index in [0.717, 1.165) is 16.0 Å². The number of carbonyl (C=O) groups is 1.